The molecule has 1 amide bonds. The third-order valence-electron chi connectivity index (χ3n) is 3.37. The van der Waals surface area contributed by atoms with Crippen molar-refractivity contribution in [2.24, 2.45) is 0 Å². The van der Waals surface area contributed by atoms with Crippen LogP contribution in [0.15, 0.2) is 24.3 Å². The Morgan fingerprint density at radius 2 is 2.29 bits per heavy atom. The summed E-state index contributed by atoms with van der Waals surface area (Å²) in [6, 6.07) is 8.30. The van der Waals surface area contributed by atoms with E-state index < -0.39 is 18.1 Å². The maximum absolute atomic E-state index is 12.1. The Balaban J connectivity index is 1.95. The highest BCUT2D eigenvalue weighted by Crippen LogP contribution is 2.20. The van der Waals surface area contributed by atoms with Crippen LogP contribution < -0.4 is 0 Å². The molecule has 1 aromatic rings. The van der Waals surface area contributed by atoms with Crippen molar-refractivity contribution in [1.82, 2.24) is 4.90 Å². The molecule has 1 heterocycles. The molecule has 1 unspecified atom stereocenters. The van der Waals surface area contributed by atoms with Gasteiger partial charge in [-0.1, -0.05) is 12.1 Å². The second kappa shape index (κ2) is 6.75. The molecule has 1 aromatic carbocycles. The zero-order valence-corrected chi connectivity index (χ0v) is 11.7. The van der Waals surface area contributed by atoms with Gasteiger partial charge in [-0.25, -0.2) is 9.59 Å². The van der Waals surface area contributed by atoms with Crippen LogP contribution in [-0.4, -0.2) is 36.7 Å². The average Bonchev–Trinajstić information content (AvgIpc) is 3.01. The maximum atomic E-state index is 12.1. The zero-order chi connectivity index (χ0) is 15.2. The predicted octanol–water partition coefficient (Wildman–Crippen LogP) is 1.83. The average molecular weight is 288 g/mol. The third kappa shape index (κ3) is 3.51. The Kier molecular flexibility index (Phi) is 4.77. The van der Waals surface area contributed by atoms with Gasteiger partial charge in [0, 0.05) is 6.54 Å². The summed E-state index contributed by atoms with van der Waals surface area (Å²) in [6.07, 6.45) is 0.811. The number of ether oxygens (including phenoxy) is 2. The van der Waals surface area contributed by atoms with Gasteiger partial charge in [0.2, 0.25) is 0 Å². The van der Waals surface area contributed by atoms with Gasteiger partial charge in [-0.3, -0.25) is 4.90 Å². The van der Waals surface area contributed by atoms with Gasteiger partial charge in [0.1, 0.15) is 12.6 Å². The Hall–Kier alpha value is -2.55. The van der Waals surface area contributed by atoms with Gasteiger partial charge < -0.3 is 9.47 Å². The van der Waals surface area contributed by atoms with E-state index in [0.717, 1.165) is 12.0 Å². The Bertz CT molecular complexity index is 579. The fourth-order valence-corrected chi connectivity index (χ4v) is 2.33. The molecule has 1 saturated heterocycles. The lowest BCUT2D eigenvalue weighted by atomic mass is 10.1. The highest BCUT2D eigenvalue weighted by atomic mass is 16.6. The monoisotopic (exact) mass is 288 g/mol. The smallest absolute Gasteiger partial charge is 0.410 e. The van der Waals surface area contributed by atoms with Gasteiger partial charge >= 0.3 is 12.1 Å². The minimum absolute atomic E-state index is 0.0832. The maximum Gasteiger partial charge on any atom is 0.410 e. The van der Waals surface area contributed by atoms with E-state index >= 15 is 0 Å². The normalized spacial score (nSPS) is 17.1. The van der Waals surface area contributed by atoms with Crippen molar-refractivity contribution in [1.29, 1.82) is 5.26 Å². The summed E-state index contributed by atoms with van der Waals surface area (Å²) in [4.78, 5) is 25.0. The van der Waals surface area contributed by atoms with Crippen molar-refractivity contribution in [3.63, 3.8) is 0 Å². The van der Waals surface area contributed by atoms with Crippen LogP contribution in [0, 0.1) is 11.3 Å². The second-order valence-electron chi connectivity index (χ2n) is 4.74. The summed E-state index contributed by atoms with van der Waals surface area (Å²) in [5.41, 5.74) is 1.26. The molecule has 1 aliphatic heterocycles. The first-order chi connectivity index (χ1) is 10.2. The SMILES string of the molecule is COC(=O)N1CCCC1C(=O)OCc1cccc(C#N)c1. The van der Waals surface area contributed by atoms with E-state index in [1.54, 1.807) is 24.3 Å². The summed E-state index contributed by atoms with van der Waals surface area (Å²) >= 11 is 0. The molecule has 0 saturated carbocycles. The molecule has 0 spiro atoms. The highest BCUT2D eigenvalue weighted by Gasteiger charge is 2.35. The van der Waals surface area contributed by atoms with E-state index in [0.29, 0.717) is 18.5 Å². The first-order valence-electron chi connectivity index (χ1n) is 6.66. The lowest BCUT2D eigenvalue weighted by Crippen LogP contribution is -2.41. The van der Waals surface area contributed by atoms with Crippen LogP contribution in [0.25, 0.3) is 0 Å². The summed E-state index contributed by atoms with van der Waals surface area (Å²) in [5, 5.41) is 8.82. The van der Waals surface area contributed by atoms with Crippen LogP contribution in [0.5, 0.6) is 0 Å². The Morgan fingerprint density at radius 3 is 3.00 bits per heavy atom. The number of hydrogen-bond donors (Lipinski definition) is 0. The van der Waals surface area contributed by atoms with Gasteiger partial charge in [0.15, 0.2) is 0 Å². The molecule has 2 rings (SSSR count). The summed E-state index contributed by atoms with van der Waals surface area (Å²) in [7, 11) is 1.29. The van der Waals surface area contributed by atoms with Gasteiger partial charge in [0.25, 0.3) is 0 Å². The van der Waals surface area contributed by atoms with Crippen LogP contribution in [0.3, 0.4) is 0 Å². The number of esters is 1. The standard InChI is InChI=1S/C15H16N2O4/c1-20-15(19)17-7-3-6-13(17)14(18)21-10-12-5-2-4-11(8-12)9-16/h2,4-5,8,13H,3,6-7,10H2,1H3. The number of likely N-dealkylation sites (tertiary alicyclic amines) is 1. The van der Waals surface area contributed by atoms with Gasteiger partial charge in [0.05, 0.1) is 18.7 Å². The van der Waals surface area contributed by atoms with Crippen molar-refractivity contribution >= 4 is 12.1 Å². The number of benzene rings is 1. The molecule has 0 aliphatic carbocycles. The minimum atomic E-state index is -0.586. The van der Waals surface area contributed by atoms with Crippen molar-refractivity contribution in [3.8, 4) is 6.07 Å². The third-order valence-corrected chi connectivity index (χ3v) is 3.37. The summed E-state index contributed by atoms with van der Waals surface area (Å²) in [5.74, 6) is -0.444. The lowest BCUT2D eigenvalue weighted by molar-refractivity contribution is -0.149. The van der Waals surface area contributed by atoms with E-state index in [-0.39, 0.29) is 6.61 Å². The number of nitrogens with zero attached hydrogens (tertiary/aromatic N) is 2. The molecule has 0 aromatic heterocycles. The largest absolute Gasteiger partial charge is 0.459 e. The first-order valence-corrected chi connectivity index (χ1v) is 6.66. The molecule has 6 heteroatoms. The van der Waals surface area contributed by atoms with Crippen LogP contribution in [-0.2, 0) is 20.9 Å². The van der Waals surface area contributed by atoms with Crippen LogP contribution in [0.1, 0.15) is 24.0 Å². The van der Waals surface area contributed by atoms with Gasteiger partial charge in [-0.05, 0) is 30.5 Å². The molecular formula is C15H16N2O4. The van der Waals surface area contributed by atoms with Crippen LogP contribution in [0.4, 0.5) is 4.79 Å². The van der Waals surface area contributed by atoms with E-state index in [9.17, 15) is 9.59 Å². The topological polar surface area (TPSA) is 79.6 Å². The van der Waals surface area contributed by atoms with Crippen molar-refractivity contribution in [2.75, 3.05) is 13.7 Å². The number of carbonyl (C=O) groups excluding carboxylic acids is 2. The number of nitriles is 1. The quantitative estimate of drug-likeness (QED) is 0.793. The molecule has 21 heavy (non-hydrogen) atoms. The van der Waals surface area contributed by atoms with Crippen LogP contribution in [0.2, 0.25) is 0 Å². The number of methoxy groups -OCH3 is 1. The van der Waals surface area contributed by atoms with E-state index in [1.165, 1.54) is 12.0 Å². The Morgan fingerprint density at radius 1 is 1.48 bits per heavy atom. The van der Waals surface area contributed by atoms with Crippen molar-refractivity contribution in [3.05, 3.63) is 35.4 Å². The molecule has 0 bridgehead atoms. The minimum Gasteiger partial charge on any atom is -0.459 e. The molecule has 1 aliphatic rings. The molecule has 6 nitrogen and oxygen atoms in total. The van der Waals surface area contributed by atoms with Gasteiger partial charge in [-0.15, -0.1) is 0 Å². The van der Waals surface area contributed by atoms with E-state index in [1.807, 2.05) is 6.07 Å². The van der Waals surface area contributed by atoms with Crippen LogP contribution >= 0.6 is 0 Å². The molecular weight excluding hydrogens is 272 g/mol. The lowest BCUT2D eigenvalue weighted by Gasteiger charge is -2.21. The fourth-order valence-electron chi connectivity index (χ4n) is 2.33. The molecule has 0 N–H and O–H groups in total. The number of rotatable bonds is 3. The number of hydrogen-bond acceptors (Lipinski definition) is 5. The Labute approximate surface area is 122 Å². The number of amides is 1. The molecule has 1 atom stereocenters. The predicted molar refractivity (Wildman–Crippen MR) is 73.1 cm³/mol. The van der Waals surface area contributed by atoms with Gasteiger partial charge in [-0.2, -0.15) is 5.26 Å². The zero-order valence-electron chi connectivity index (χ0n) is 11.7. The van der Waals surface area contributed by atoms with Crippen molar-refractivity contribution in [2.45, 2.75) is 25.5 Å². The summed E-state index contributed by atoms with van der Waals surface area (Å²) in [6.45, 7) is 0.580. The first kappa shape index (κ1) is 14.9. The highest BCUT2D eigenvalue weighted by molar-refractivity contribution is 5.82. The molecule has 1 fully saturated rings. The summed E-state index contributed by atoms with van der Waals surface area (Å²) < 4.78 is 9.89. The molecule has 0 radical (unpaired) electrons. The fraction of sp³-hybridized carbons (Fsp3) is 0.400. The second-order valence-corrected chi connectivity index (χ2v) is 4.74. The van der Waals surface area contributed by atoms with E-state index in [2.05, 4.69) is 4.74 Å². The number of carbonyl (C=O) groups is 2. The van der Waals surface area contributed by atoms with Crippen molar-refractivity contribution < 1.29 is 19.1 Å². The van der Waals surface area contributed by atoms with E-state index in [4.69, 9.17) is 10.00 Å². The molecule has 110 valence electrons.